The molecule has 8 nitrogen and oxygen atoms in total. The number of nitro benzene ring substituents is 1. The number of benzene rings is 2. The Bertz CT molecular complexity index is 1050. The SMILES string of the molecule is CC[C@H](C(=O)N[C@H](C)c1ccc(C)cc1C)N(c1cccc([N+](=O)[O-])c1)S(C)(=O)=O. The van der Waals surface area contributed by atoms with E-state index in [1.807, 2.05) is 39.0 Å². The van der Waals surface area contributed by atoms with Gasteiger partial charge >= 0.3 is 0 Å². The summed E-state index contributed by atoms with van der Waals surface area (Å²) in [7, 11) is -3.88. The summed E-state index contributed by atoms with van der Waals surface area (Å²) in [6, 6.07) is 9.79. The fourth-order valence-corrected chi connectivity index (χ4v) is 4.71. The normalized spacial score (nSPS) is 13.4. The Morgan fingerprint density at radius 2 is 1.87 bits per heavy atom. The third-order valence-electron chi connectivity index (χ3n) is 4.88. The van der Waals surface area contributed by atoms with E-state index in [9.17, 15) is 23.3 Å². The second-order valence-corrected chi connectivity index (χ2v) is 9.21. The number of hydrogen-bond acceptors (Lipinski definition) is 5. The van der Waals surface area contributed by atoms with Gasteiger partial charge in [-0.3, -0.25) is 19.2 Å². The molecule has 2 rings (SSSR count). The van der Waals surface area contributed by atoms with Crippen LogP contribution in [0.5, 0.6) is 0 Å². The van der Waals surface area contributed by atoms with E-state index in [0.717, 1.165) is 33.3 Å². The van der Waals surface area contributed by atoms with Gasteiger partial charge in [0.2, 0.25) is 15.9 Å². The lowest BCUT2D eigenvalue weighted by Gasteiger charge is -2.31. The zero-order chi connectivity index (χ0) is 22.6. The zero-order valence-electron chi connectivity index (χ0n) is 17.7. The number of hydrogen-bond donors (Lipinski definition) is 1. The van der Waals surface area contributed by atoms with Crippen LogP contribution in [0.25, 0.3) is 0 Å². The van der Waals surface area contributed by atoms with Gasteiger partial charge in [-0.25, -0.2) is 8.42 Å². The van der Waals surface area contributed by atoms with Crippen LogP contribution in [0.3, 0.4) is 0 Å². The number of rotatable bonds is 8. The molecule has 0 aromatic heterocycles. The van der Waals surface area contributed by atoms with E-state index in [-0.39, 0.29) is 23.8 Å². The van der Waals surface area contributed by atoms with Crippen molar-refractivity contribution in [2.45, 2.75) is 46.2 Å². The van der Waals surface area contributed by atoms with Gasteiger partial charge in [0.05, 0.1) is 22.9 Å². The fraction of sp³-hybridized carbons (Fsp3) is 0.381. The number of carbonyl (C=O) groups excluding carboxylic acids is 1. The van der Waals surface area contributed by atoms with Gasteiger partial charge in [0.25, 0.3) is 5.69 Å². The topological polar surface area (TPSA) is 110 Å². The number of amides is 1. The summed E-state index contributed by atoms with van der Waals surface area (Å²) in [6.45, 7) is 7.46. The lowest BCUT2D eigenvalue weighted by Crippen LogP contribution is -2.49. The number of anilines is 1. The quantitative estimate of drug-likeness (QED) is 0.505. The molecule has 0 bridgehead atoms. The molecule has 0 saturated heterocycles. The maximum atomic E-state index is 13.1. The third-order valence-corrected chi connectivity index (χ3v) is 6.06. The Hall–Kier alpha value is -2.94. The van der Waals surface area contributed by atoms with Crippen molar-refractivity contribution in [2.75, 3.05) is 10.6 Å². The van der Waals surface area contributed by atoms with Crippen molar-refractivity contribution in [2.24, 2.45) is 0 Å². The van der Waals surface area contributed by atoms with Gasteiger partial charge in [-0.1, -0.05) is 36.8 Å². The molecule has 0 aliphatic rings. The highest BCUT2D eigenvalue weighted by atomic mass is 32.2. The minimum atomic E-state index is -3.88. The summed E-state index contributed by atoms with van der Waals surface area (Å²) in [5.74, 6) is -0.470. The maximum Gasteiger partial charge on any atom is 0.271 e. The molecule has 0 spiro atoms. The summed E-state index contributed by atoms with van der Waals surface area (Å²) in [6.07, 6.45) is 1.18. The van der Waals surface area contributed by atoms with Gasteiger partial charge < -0.3 is 5.32 Å². The van der Waals surface area contributed by atoms with Crippen LogP contribution in [0.15, 0.2) is 42.5 Å². The Morgan fingerprint density at radius 1 is 1.20 bits per heavy atom. The van der Waals surface area contributed by atoms with Gasteiger partial charge in [-0.2, -0.15) is 0 Å². The van der Waals surface area contributed by atoms with Gasteiger partial charge in [0, 0.05) is 12.1 Å². The number of non-ortho nitro benzene ring substituents is 1. The lowest BCUT2D eigenvalue weighted by molar-refractivity contribution is -0.384. The molecule has 162 valence electrons. The zero-order valence-corrected chi connectivity index (χ0v) is 18.6. The molecule has 0 unspecified atom stereocenters. The fourth-order valence-electron chi connectivity index (χ4n) is 3.50. The van der Waals surface area contributed by atoms with Gasteiger partial charge in [-0.05, 0) is 44.4 Å². The molecule has 1 amide bonds. The van der Waals surface area contributed by atoms with Crippen LogP contribution >= 0.6 is 0 Å². The minimum Gasteiger partial charge on any atom is -0.348 e. The first-order valence-electron chi connectivity index (χ1n) is 9.57. The summed E-state index contributed by atoms with van der Waals surface area (Å²) in [5, 5.41) is 14.0. The van der Waals surface area contributed by atoms with E-state index in [1.54, 1.807) is 6.92 Å². The first-order chi connectivity index (χ1) is 14.0. The predicted molar refractivity (Wildman–Crippen MR) is 117 cm³/mol. The molecule has 0 heterocycles. The molecule has 0 saturated carbocycles. The summed E-state index contributed by atoms with van der Waals surface area (Å²) < 4.78 is 26.0. The van der Waals surface area contributed by atoms with E-state index < -0.39 is 26.9 Å². The van der Waals surface area contributed by atoms with E-state index in [2.05, 4.69) is 5.32 Å². The molecule has 2 aromatic carbocycles. The van der Waals surface area contributed by atoms with Crippen molar-refractivity contribution in [1.29, 1.82) is 0 Å². The van der Waals surface area contributed by atoms with Crippen LogP contribution in [0.2, 0.25) is 0 Å². The summed E-state index contributed by atoms with van der Waals surface area (Å²) >= 11 is 0. The van der Waals surface area contributed by atoms with Crippen LogP contribution < -0.4 is 9.62 Å². The van der Waals surface area contributed by atoms with Crippen molar-refractivity contribution in [3.63, 3.8) is 0 Å². The van der Waals surface area contributed by atoms with Crippen molar-refractivity contribution in [1.82, 2.24) is 5.32 Å². The second kappa shape index (κ2) is 9.25. The molecular weight excluding hydrogens is 406 g/mol. The molecule has 30 heavy (non-hydrogen) atoms. The monoisotopic (exact) mass is 433 g/mol. The van der Waals surface area contributed by atoms with Crippen LogP contribution in [0, 0.1) is 24.0 Å². The standard InChI is InChI=1S/C21H27N3O5S/c1-6-20(21(25)22-16(4)19-11-10-14(2)12-15(19)3)23(30(5,28)29)17-8-7-9-18(13-17)24(26)27/h7-13,16,20H,6H2,1-5H3,(H,22,25)/t16-,20-/m1/s1. The summed E-state index contributed by atoms with van der Waals surface area (Å²) in [4.78, 5) is 23.6. The molecule has 0 aliphatic heterocycles. The van der Waals surface area contributed by atoms with Crippen molar-refractivity contribution < 1.29 is 18.1 Å². The Morgan fingerprint density at radius 3 is 2.40 bits per heavy atom. The minimum absolute atomic E-state index is 0.0767. The van der Waals surface area contributed by atoms with E-state index in [0.29, 0.717) is 0 Å². The van der Waals surface area contributed by atoms with Gasteiger partial charge in [0.15, 0.2) is 0 Å². The molecule has 9 heteroatoms. The van der Waals surface area contributed by atoms with Crippen molar-refractivity contribution in [3.8, 4) is 0 Å². The van der Waals surface area contributed by atoms with Crippen LogP contribution in [0.4, 0.5) is 11.4 Å². The van der Waals surface area contributed by atoms with Crippen LogP contribution in [0.1, 0.15) is 43.0 Å². The highest BCUT2D eigenvalue weighted by molar-refractivity contribution is 7.92. The third kappa shape index (κ3) is 5.35. The van der Waals surface area contributed by atoms with Crippen LogP contribution in [-0.4, -0.2) is 31.5 Å². The molecule has 2 atom stereocenters. The van der Waals surface area contributed by atoms with Crippen LogP contribution in [-0.2, 0) is 14.8 Å². The summed E-state index contributed by atoms with van der Waals surface area (Å²) in [5.41, 5.74) is 2.89. The number of aryl methyl sites for hydroxylation is 2. The largest absolute Gasteiger partial charge is 0.348 e. The Kier molecular flexibility index (Phi) is 7.20. The number of nitrogens with one attached hydrogen (secondary N) is 1. The lowest BCUT2D eigenvalue weighted by atomic mass is 10.00. The smallest absolute Gasteiger partial charge is 0.271 e. The Balaban J connectivity index is 2.38. The molecular formula is C21H27N3O5S. The molecule has 2 aromatic rings. The molecule has 0 radical (unpaired) electrons. The van der Waals surface area contributed by atoms with Crippen molar-refractivity contribution >= 4 is 27.3 Å². The van der Waals surface area contributed by atoms with Gasteiger partial charge in [0.1, 0.15) is 6.04 Å². The van der Waals surface area contributed by atoms with E-state index in [4.69, 9.17) is 0 Å². The highest BCUT2D eigenvalue weighted by Crippen LogP contribution is 2.27. The number of sulfonamides is 1. The number of carbonyl (C=O) groups is 1. The molecule has 0 fully saturated rings. The molecule has 1 N–H and O–H groups in total. The van der Waals surface area contributed by atoms with E-state index >= 15 is 0 Å². The van der Waals surface area contributed by atoms with Gasteiger partial charge in [-0.15, -0.1) is 0 Å². The molecule has 0 aliphatic carbocycles. The highest BCUT2D eigenvalue weighted by Gasteiger charge is 2.33. The first-order valence-corrected chi connectivity index (χ1v) is 11.4. The first kappa shape index (κ1) is 23.3. The predicted octanol–water partition coefficient (Wildman–Crippen LogP) is 3.63. The number of nitro groups is 1. The maximum absolute atomic E-state index is 13.1. The number of nitrogens with zero attached hydrogens (tertiary/aromatic N) is 2. The second-order valence-electron chi connectivity index (χ2n) is 7.35. The average Bonchev–Trinajstić information content (AvgIpc) is 2.64. The average molecular weight is 434 g/mol. The van der Waals surface area contributed by atoms with Crippen molar-refractivity contribution in [3.05, 3.63) is 69.3 Å². The van der Waals surface area contributed by atoms with E-state index in [1.165, 1.54) is 18.2 Å². The Labute approximate surface area is 177 Å².